The topological polar surface area (TPSA) is 70.6 Å². The molecule has 0 saturated carbocycles. The fraction of sp³-hybridized carbons (Fsp3) is 0.562. The summed E-state index contributed by atoms with van der Waals surface area (Å²) in [4.78, 5) is 4.62. The zero-order valence-corrected chi connectivity index (χ0v) is 14.3. The highest BCUT2D eigenvalue weighted by Crippen LogP contribution is 2.28. The van der Waals surface area contributed by atoms with Gasteiger partial charge in [0.2, 0.25) is 5.96 Å². The molecule has 1 aliphatic heterocycles. The van der Waals surface area contributed by atoms with Crippen molar-refractivity contribution >= 4 is 21.7 Å². The van der Waals surface area contributed by atoms with Crippen LogP contribution in [0.3, 0.4) is 0 Å². The molecule has 1 aromatic rings. The minimum absolute atomic E-state index is 0.286. The van der Waals surface area contributed by atoms with Crippen LogP contribution in [-0.2, 0) is 10.0 Å². The number of hydrogen-bond donors (Lipinski definition) is 2. The molecular weight excluding hydrogens is 298 g/mol. The lowest BCUT2D eigenvalue weighted by molar-refractivity contribution is 0.591. The van der Waals surface area contributed by atoms with Crippen LogP contribution in [-0.4, -0.2) is 20.9 Å². The van der Waals surface area contributed by atoms with Gasteiger partial charge in [-0.1, -0.05) is 46.1 Å². The number of benzene rings is 1. The number of sulfonamides is 1. The van der Waals surface area contributed by atoms with Crippen LogP contribution in [0.1, 0.15) is 57.9 Å². The second-order valence-electron chi connectivity index (χ2n) is 5.93. The van der Waals surface area contributed by atoms with Crippen LogP contribution in [0.15, 0.2) is 28.1 Å². The van der Waals surface area contributed by atoms with Crippen LogP contribution < -0.4 is 10.0 Å². The van der Waals surface area contributed by atoms with E-state index in [1.807, 2.05) is 26.0 Å². The van der Waals surface area contributed by atoms with Gasteiger partial charge >= 0.3 is 0 Å². The van der Waals surface area contributed by atoms with E-state index in [1.165, 1.54) is 12.8 Å². The maximum absolute atomic E-state index is 12.4. The van der Waals surface area contributed by atoms with Crippen molar-refractivity contribution in [3.05, 3.63) is 23.8 Å². The van der Waals surface area contributed by atoms with E-state index in [2.05, 4.69) is 22.0 Å². The molecule has 0 atom stereocenters. The van der Waals surface area contributed by atoms with Gasteiger partial charge in [-0.25, -0.2) is 13.1 Å². The summed E-state index contributed by atoms with van der Waals surface area (Å²) in [6.45, 7) is 6.87. The summed E-state index contributed by atoms with van der Waals surface area (Å²) in [6.07, 6.45) is 4.45. The molecule has 2 rings (SSSR count). The summed E-state index contributed by atoms with van der Waals surface area (Å²) in [5.41, 5.74) is 1.60. The number of guanidine groups is 1. The normalized spacial score (nSPS) is 17.9. The van der Waals surface area contributed by atoms with Crippen molar-refractivity contribution in [3.8, 4) is 0 Å². The lowest BCUT2D eigenvalue weighted by Crippen LogP contribution is -2.40. The third-order valence-corrected chi connectivity index (χ3v) is 5.11. The summed E-state index contributed by atoms with van der Waals surface area (Å²) >= 11 is 0. The minimum Gasteiger partial charge on any atom is -0.324 e. The molecule has 5 nitrogen and oxygen atoms in total. The number of nitrogens with one attached hydrogen (secondary N) is 2. The van der Waals surface area contributed by atoms with E-state index < -0.39 is 10.0 Å². The molecule has 0 saturated heterocycles. The summed E-state index contributed by atoms with van der Waals surface area (Å²) in [7, 11) is -3.54. The Hall–Kier alpha value is -1.56. The molecule has 0 bridgehead atoms. The zero-order chi connectivity index (χ0) is 16.2. The highest BCUT2D eigenvalue weighted by Gasteiger charge is 2.26. The maximum Gasteiger partial charge on any atom is 0.266 e. The largest absolute Gasteiger partial charge is 0.324 e. The number of aliphatic imine (C=N–C) groups is 1. The van der Waals surface area contributed by atoms with E-state index in [-0.39, 0.29) is 5.92 Å². The van der Waals surface area contributed by atoms with Crippen LogP contribution in [0.5, 0.6) is 0 Å². The Morgan fingerprint density at radius 3 is 2.64 bits per heavy atom. The first-order valence-electron chi connectivity index (χ1n) is 7.92. The summed E-state index contributed by atoms with van der Waals surface area (Å²) in [5.74, 6) is 0.607. The lowest BCUT2D eigenvalue weighted by Gasteiger charge is -2.22. The average molecular weight is 323 g/mol. The Balaban J connectivity index is 2.15. The van der Waals surface area contributed by atoms with Crippen molar-refractivity contribution in [3.63, 3.8) is 0 Å². The first kappa shape index (κ1) is 16.8. The van der Waals surface area contributed by atoms with Crippen LogP contribution >= 0.6 is 0 Å². The molecule has 0 aliphatic carbocycles. The van der Waals surface area contributed by atoms with Gasteiger partial charge in [-0.3, -0.25) is 4.99 Å². The minimum atomic E-state index is -3.54. The molecule has 122 valence electrons. The highest BCUT2D eigenvalue weighted by molar-refractivity contribution is 7.90. The maximum atomic E-state index is 12.4. The molecule has 0 radical (unpaired) electrons. The van der Waals surface area contributed by atoms with E-state index in [1.54, 1.807) is 6.07 Å². The van der Waals surface area contributed by atoms with E-state index >= 15 is 0 Å². The molecular formula is C16H25N3O2S. The first-order valence-corrected chi connectivity index (χ1v) is 9.40. The van der Waals surface area contributed by atoms with E-state index in [0.29, 0.717) is 23.1 Å². The van der Waals surface area contributed by atoms with Crippen molar-refractivity contribution in [2.24, 2.45) is 4.99 Å². The monoisotopic (exact) mass is 323 g/mol. The Labute approximate surface area is 133 Å². The van der Waals surface area contributed by atoms with Crippen molar-refractivity contribution in [2.45, 2.75) is 57.3 Å². The second kappa shape index (κ2) is 7.13. The molecule has 0 aromatic heterocycles. The van der Waals surface area contributed by atoms with Gasteiger partial charge in [0.05, 0.1) is 5.69 Å². The van der Waals surface area contributed by atoms with Gasteiger partial charge in [0.1, 0.15) is 4.90 Å². The molecule has 0 fully saturated rings. The van der Waals surface area contributed by atoms with Crippen LogP contribution in [0.25, 0.3) is 0 Å². The standard InChI is InChI=1S/C16H25N3O2S/c1-4-5-6-7-10-17-16-18-14-9-8-13(12(2)3)11-15(14)22(20,21)19-16/h8-9,11-12H,4-7,10H2,1-3H3,(H2,17,18,19). The Bertz CT molecular complexity index is 651. The van der Waals surface area contributed by atoms with Crippen LogP contribution in [0.4, 0.5) is 5.69 Å². The number of nitrogens with zero attached hydrogens (tertiary/aromatic N) is 1. The second-order valence-corrected chi connectivity index (χ2v) is 7.58. The first-order chi connectivity index (χ1) is 10.4. The van der Waals surface area contributed by atoms with Gasteiger partial charge in [-0.05, 0) is 30.0 Å². The van der Waals surface area contributed by atoms with Gasteiger partial charge < -0.3 is 5.32 Å². The summed E-state index contributed by atoms with van der Waals surface area (Å²) < 4.78 is 27.2. The van der Waals surface area contributed by atoms with Crippen LogP contribution in [0, 0.1) is 0 Å². The van der Waals surface area contributed by atoms with E-state index in [9.17, 15) is 8.42 Å². The number of fused-ring (bicyclic) bond motifs is 1. The van der Waals surface area contributed by atoms with Crippen molar-refractivity contribution < 1.29 is 8.42 Å². The molecule has 6 heteroatoms. The molecule has 0 spiro atoms. The Morgan fingerprint density at radius 1 is 1.18 bits per heavy atom. The smallest absolute Gasteiger partial charge is 0.266 e. The molecule has 1 aromatic carbocycles. The summed E-state index contributed by atoms with van der Waals surface area (Å²) in [5, 5.41) is 3.07. The quantitative estimate of drug-likeness (QED) is 0.788. The molecule has 22 heavy (non-hydrogen) atoms. The zero-order valence-electron chi connectivity index (χ0n) is 13.5. The van der Waals surface area contributed by atoms with Gasteiger partial charge in [-0.15, -0.1) is 0 Å². The molecule has 1 aliphatic rings. The molecule has 1 heterocycles. The Morgan fingerprint density at radius 2 is 1.95 bits per heavy atom. The van der Waals surface area contributed by atoms with Gasteiger partial charge in [0, 0.05) is 6.54 Å². The SMILES string of the molecule is CCCCCCN=C1Nc2ccc(C(C)C)cc2S(=O)(=O)N1. The predicted octanol–water partition coefficient (Wildman–Crippen LogP) is 3.45. The summed E-state index contributed by atoms with van der Waals surface area (Å²) in [6, 6.07) is 5.50. The number of rotatable bonds is 6. The number of unbranched alkanes of at least 4 members (excludes halogenated alkanes) is 3. The lowest BCUT2D eigenvalue weighted by atomic mass is 10.0. The van der Waals surface area contributed by atoms with Crippen molar-refractivity contribution in [2.75, 3.05) is 11.9 Å². The number of hydrogen-bond acceptors (Lipinski definition) is 3. The van der Waals surface area contributed by atoms with Gasteiger partial charge in [0.25, 0.3) is 10.0 Å². The molecule has 0 unspecified atom stereocenters. The predicted molar refractivity (Wildman–Crippen MR) is 90.9 cm³/mol. The molecule has 2 N–H and O–H groups in total. The number of anilines is 1. The van der Waals surface area contributed by atoms with Gasteiger partial charge in [0.15, 0.2) is 0 Å². The fourth-order valence-corrected chi connectivity index (χ4v) is 3.54. The van der Waals surface area contributed by atoms with Crippen molar-refractivity contribution in [1.82, 2.24) is 4.72 Å². The van der Waals surface area contributed by atoms with Gasteiger partial charge in [-0.2, -0.15) is 0 Å². The van der Waals surface area contributed by atoms with E-state index in [0.717, 1.165) is 18.4 Å². The third-order valence-electron chi connectivity index (χ3n) is 3.73. The molecule has 0 amide bonds. The van der Waals surface area contributed by atoms with Crippen LogP contribution in [0.2, 0.25) is 0 Å². The van der Waals surface area contributed by atoms with E-state index in [4.69, 9.17) is 0 Å². The third kappa shape index (κ3) is 4.00. The average Bonchev–Trinajstić information content (AvgIpc) is 2.46. The Kier molecular flexibility index (Phi) is 5.45. The van der Waals surface area contributed by atoms with Crippen molar-refractivity contribution in [1.29, 1.82) is 0 Å². The highest BCUT2D eigenvalue weighted by atomic mass is 32.2. The fourth-order valence-electron chi connectivity index (χ4n) is 2.36.